The number of hydrogen-bond donors (Lipinski definition) is 2. The molecule has 0 spiro atoms. The number of piperidine rings is 1. The molecule has 0 radical (unpaired) electrons. The fraction of sp³-hybridized carbons (Fsp3) is 0.412. The van der Waals surface area contributed by atoms with Crippen molar-refractivity contribution in [3.05, 3.63) is 46.2 Å². The number of rotatable bonds is 4. The molecule has 0 atom stereocenters. The summed E-state index contributed by atoms with van der Waals surface area (Å²) in [6, 6.07) is 6.75. The number of halogens is 1. The molecule has 0 unspecified atom stereocenters. The Hall–Kier alpha value is -1.79. The summed E-state index contributed by atoms with van der Waals surface area (Å²) in [7, 11) is 0. The molecule has 2 heterocycles. The Bertz CT molecular complexity index is 695. The predicted octanol–water partition coefficient (Wildman–Crippen LogP) is 3.12. The second kappa shape index (κ2) is 7.19. The highest BCUT2D eigenvalue weighted by Gasteiger charge is 2.22. The molecule has 0 bridgehead atoms. The summed E-state index contributed by atoms with van der Waals surface area (Å²) in [5.74, 6) is -0.117. The molecule has 122 valence electrons. The number of anilines is 1. The Morgan fingerprint density at radius 3 is 2.87 bits per heavy atom. The number of aromatic nitrogens is 1. The summed E-state index contributed by atoms with van der Waals surface area (Å²) >= 11 is 1.43. The van der Waals surface area contributed by atoms with Crippen molar-refractivity contribution in [1.82, 2.24) is 10.3 Å². The zero-order chi connectivity index (χ0) is 16.2. The Morgan fingerprint density at radius 1 is 1.39 bits per heavy atom. The van der Waals surface area contributed by atoms with Crippen LogP contribution in [0.25, 0.3) is 0 Å². The van der Waals surface area contributed by atoms with Crippen LogP contribution in [0.2, 0.25) is 0 Å². The second-order valence-electron chi connectivity index (χ2n) is 5.81. The lowest BCUT2D eigenvalue weighted by molar-refractivity contribution is -0.120. The molecule has 1 fully saturated rings. The Kier molecular flexibility index (Phi) is 5.03. The van der Waals surface area contributed by atoms with E-state index < -0.39 is 0 Å². The lowest BCUT2D eigenvalue weighted by Gasteiger charge is -2.20. The average Bonchev–Trinajstić information content (AvgIpc) is 2.90. The quantitative estimate of drug-likeness (QED) is 0.904. The highest BCUT2D eigenvalue weighted by Crippen LogP contribution is 2.27. The van der Waals surface area contributed by atoms with E-state index in [2.05, 4.69) is 15.6 Å². The molecule has 23 heavy (non-hydrogen) atoms. The minimum absolute atomic E-state index is 0.0395. The van der Waals surface area contributed by atoms with Crippen LogP contribution in [0.5, 0.6) is 0 Å². The standard InChI is InChI=1S/C17H20FN3OS/c1-11-15(10-13-4-2-3-5-14(13)18)23-17(20-11)21-16(22)12-6-8-19-9-7-12/h2-5,12,19H,6-10H2,1H3,(H,20,21,22). The maximum absolute atomic E-state index is 13.8. The third-order valence-corrected chi connectivity index (χ3v) is 5.21. The summed E-state index contributed by atoms with van der Waals surface area (Å²) in [6.45, 7) is 3.66. The summed E-state index contributed by atoms with van der Waals surface area (Å²) in [5.41, 5.74) is 1.49. The number of thiazole rings is 1. The summed E-state index contributed by atoms with van der Waals surface area (Å²) < 4.78 is 13.8. The van der Waals surface area contributed by atoms with Crippen molar-refractivity contribution in [2.75, 3.05) is 18.4 Å². The van der Waals surface area contributed by atoms with Gasteiger partial charge >= 0.3 is 0 Å². The Labute approximate surface area is 139 Å². The maximum Gasteiger partial charge on any atom is 0.229 e. The predicted molar refractivity (Wildman–Crippen MR) is 90.3 cm³/mol. The number of carbonyl (C=O) groups is 1. The second-order valence-corrected chi connectivity index (χ2v) is 6.89. The molecule has 0 saturated carbocycles. The molecule has 4 nitrogen and oxygen atoms in total. The van der Waals surface area contributed by atoms with Gasteiger partial charge in [0.15, 0.2) is 5.13 Å². The molecule has 1 saturated heterocycles. The van der Waals surface area contributed by atoms with E-state index >= 15 is 0 Å². The van der Waals surface area contributed by atoms with E-state index in [9.17, 15) is 9.18 Å². The molecule has 1 aliphatic rings. The van der Waals surface area contributed by atoms with E-state index in [4.69, 9.17) is 0 Å². The normalized spacial score (nSPS) is 15.6. The van der Waals surface area contributed by atoms with Gasteiger partial charge in [-0.15, -0.1) is 11.3 Å². The number of nitrogens with zero attached hydrogens (tertiary/aromatic N) is 1. The third-order valence-electron chi connectivity index (χ3n) is 4.14. The zero-order valence-electron chi connectivity index (χ0n) is 13.1. The molecule has 6 heteroatoms. The molecule has 1 amide bonds. The van der Waals surface area contributed by atoms with E-state index in [1.165, 1.54) is 17.4 Å². The van der Waals surface area contributed by atoms with Crippen LogP contribution in [0.1, 0.15) is 29.0 Å². The van der Waals surface area contributed by atoms with Crippen molar-refractivity contribution >= 4 is 22.4 Å². The summed E-state index contributed by atoms with van der Waals surface area (Å²) in [5, 5.41) is 6.78. The lowest BCUT2D eigenvalue weighted by atomic mass is 9.97. The van der Waals surface area contributed by atoms with Crippen molar-refractivity contribution in [2.24, 2.45) is 5.92 Å². The number of nitrogens with one attached hydrogen (secondary N) is 2. The van der Waals surface area contributed by atoms with Gasteiger partial charge in [-0.2, -0.15) is 0 Å². The van der Waals surface area contributed by atoms with E-state index in [-0.39, 0.29) is 17.6 Å². The molecular formula is C17H20FN3OS. The van der Waals surface area contributed by atoms with Gasteiger partial charge in [-0.3, -0.25) is 4.79 Å². The molecule has 1 aliphatic heterocycles. The van der Waals surface area contributed by atoms with Crippen molar-refractivity contribution in [1.29, 1.82) is 0 Å². The molecule has 1 aromatic heterocycles. The van der Waals surface area contributed by atoms with Gasteiger partial charge in [-0.25, -0.2) is 9.37 Å². The fourth-order valence-corrected chi connectivity index (χ4v) is 3.74. The molecule has 1 aromatic carbocycles. The number of amides is 1. The first kappa shape index (κ1) is 16.1. The van der Waals surface area contributed by atoms with Crippen LogP contribution in [0.15, 0.2) is 24.3 Å². The van der Waals surface area contributed by atoms with Crippen molar-refractivity contribution in [3.8, 4) is 0 Å². The van der Waals surface area contributed by atoms with Crippen molar-refractivity contribution in [3.63, 3.8) is 0 Å². The van der Waals surface area contributed by atoms with Crippen LogP contribution in [-0.2, 0) is 11.2 Å². The number of aryl methyl sites for hydroxylation is 1. The number of hydrogen-bond acceptors (Lipinski definition) is 4. The van der Waals surface area contributed by atoms with Crippen LogP contribution in [-0.4, -0.2) is 24.0 Å². The third kappa shape index (κ3) is 3.95. The minimum Gasteiger partial charge on any atom is -0.317 e. The van der Waals surface area contributed by atoms with Gasteiger partial charge in [-0.05, 0) is 44.5 Å². The van der Waals surface area contributed by atoms with Crippen molar-refractivity contribution < 1.29 is 9.18 Å². The number of benzene rings is 1. The average molecular weight is 333 g/mol. The monoisotopic (exact) mass is 333 g/mol. The molecule has 0 aliphatic carbocycles. The highest BCUT2D eigenvalue weighted by molar-refractivity contribution is 7.15. The van der Waals surface area contributed by atoms with E-state index in [1.54, 1.807) is 12.1 Å². The smallest absolute Gasteiger partial charge is 0.229 e. The first-order chi connectivity index (χ1) is 11.1. The Morgan fingerprint density at radius 2 is 2.13 bits per heavy atom. The molecule has 2 aromatic rings. The molecule has 3 rings (SSSR count). The van der Waals surface area contributed by atoms with E-state index in [0.29, 0.717) is 17.1 Å². The van der Waals surface area contributed by atoms with E-state index in [0.717, 1.165) is 36.5 Å². The van der Waals surface area contributed by atoms with Crippen LogP contribution < -0.4 is 10.6 Å². The van der Waals surface area contributed by atoms with Gasteiger partial charge in [0.25, 0.3) is 0 Å². The van der Waals surface area contributed by atoms with Crippen LogP contribution >= 0.6 is 11.3 Å². The summed E-state index contributed by atoms with van der Waals surface area (Å²) in [4.78, 5) is 17.7. The van der Waals surface area contributed by atoms with Gasteiger partial charge in [0.2, 0.25) is 5.91 Å². The topological polar surface area (TPSA) is 54.0 Å². The first-order valence-corrected chi connectivity index (χ1v) is 8.66. The van der Waals surface area contributed by atoms with Gasteiger partial charge < -0.3 is 10.6 Å². The highest BCUT2D eigenvalue weighted by atomic mass is 32.1. The van der Waals surface area contributed by atoms with Gasteiger partial charge in [0, 0.05) is 17.2 Å². The van der Waals surface area contributed by atoms with Crippen LogP contribution in [0.3, 0.4) is 0 Å². The van der Waals surface area contributed by atoms with Crippen LogP contribution in [0.4, 0.5) is 9.52 Å². The fourth-order valence-electron chi connectivity index (χ4n) is 2.75. The largest absolute Gasteiger partial charge is 0.317 e. The number of carbonyl (C=O) groups excluding carboxylic acids is 1. The van der Waals surface area contributed by atoms with Gasteiger partial charge in [-0.1, -0.05) is 18.2 Å². The minimum atomic E-state index is -0.208. The SMILES string of the molecule is Cc1nc(NC(=O)C2CCNCC2)sc1Cc1ccccc1F. The lowest BCUT2D eigenvalue weighted by Crippen LogP contribution is -2.34. The Balaban J connectivity index is 1.68. The van der Waals surface area contributed by atoms with Crippen molar-refractivity contribution in [2.45, 2.75) is 26.2 Å². The van der Waals surface area contributed by atoms with Gasteiger partial charge in [0.1, 0.15) is 5.82 Å². The van der Waals surface area contributed by atoms with Crippen LogP contribution in [0, 0.1) is 18.7 Å². The van der Waals surface area contributed by atoms with Gasteiger partial charge in [0.05, 0.1) is 5.69 Å². The maximum atomic E-state index is 13.8. The summed E-state index contributed by atoms with van der Waals surface area (Å²) in [6.07, 6.45) is 2.22. The zero-order valence-corrected chi connectivity index (χ0v) is 13.9. The molecular weight excluding hydrogens is 313 g/mol. The molecule has 2 N–H and O–H groups in total. The first-order valence-electron chi connectivity index (χ1n) is 7.85. The van der Waals surface area contributed by atoms with E-state index in [1.807, 2.05) is 13.0 Å².